The smallest absolute Gasteiger partial charge is 0.273 e. The highest BCUT2D eigenvalue weighted by atomic mass is 32.1. The van der Waals surface area contributed by atoms with E-state index < -0.39 is 17.9 Å². The minimum atomic E-state index is -1.14. The van der Waals surface area contributed by atoms with Crippen LogP contribution in [0.3, 0.4) is 0 Å². The molecular formula is C25H29N5O5S. The maximum atomic E-state index is 14.0. The number of primary amides is 1. The van der Waals surface area contributed by atoms with E-state index in [1.54, 1.807) is 43.3 Å². The molecule has 2 heterocycles. The molecule has 1 unspecified atom stereocenters. The summed E-state index contributed by atoms with van der Waals surface area (Å²) in [5.41, 5.74) is 11.6. The minimum absolute atomic E-state index is 0.000343. The number of carbonyl (C=O) groups excluding carboxylic acids is 3. The summed E-state index contributed by atoms with van der Waals surface area (Å²) in [6, 6.07) is 9.08. The molecule has 10 nitrogen and oxygen atoms in total. The highest BCUT2D eigenvalue weighted by molar-refractivity contribution is 7.09. The van der Waals surface area contributed by atoms with Crippen LogP contribution in [0.4, 0.5) is 11.4 Å². The Morgan fingerprint density at radius 1 is 1.19 bits per heavy atom. The second kappa shape index (κ2) is 10.8. The first-order valence-electron chi connectivity index (χ1n) is 11.8. The molecule has 0 bridgehead atoms. The van der Waals surface area contributed by atoms with E-state index in [1.807, 2.05) is 6.92 Å². The van der Waals surface area contributed by atoms with Gasteiger partial charge in [0.05, 0.1) is 12.3 Å². The highest BCUT2D eigenvalue weighted by Gasteiger charge is 2.38. The number of aryl methyl sites for hydroxylation is 1. The van der Waals surface area contributed by atoms with Crippen LogP contribution in [0, 0.1) is 6.92 Å². The zero-order valence-corrected chi connectivity index (χ0v) is 21.0. The van der Waals surface area contributed by atoms with E-state index in [-0.39, 0.29) is 28.2 Å². The van der Waals surface area contributed by atoms with Crippen LogP contribution in [0.1, 0.15) is 70.3 Å². The van der Waals surface area contributed by atoms with Gasteiger partial charge in [-0.2, -0.15) is 4.37 Å². The van der Waals surface area contributed by atoms with Crippen molar-refractivity contribution >= 4 is 40.6 Å². The second-order valence-corrected chi connectivity index (χ2v) is 9.35. The third kappa shape index (κ3) is 5.20. The molecule has 190 valence electrons. The fourth-order valence-corrected chi connectivity index (χ4v) is 5.06. The van der Waals surface area contributed by atoms with Crippen molar-refractivity contribution in [2.75, 3.05) is 17.2 Å². The van der Waals surface area contributed by atoms with Crippen LogP contribution in [0.2, 0.25) is 0 Å². The fraction of sp³-hybridized carbons (Fsp3) is 0.360. The Hall–Kier alpha value is -3.86. The summed E-state index contributed by atoms with van der Waals surface area (Å²) in [4.78, 5) is 40.7. The molecule has 5 N–H and O–H groups in total. The van der Waals surface area contributed by atoms with Gasteiger partial charge in [-0.15, -0.1) is 0 Å². The molecule has 4 rings (SSSR count). The van der Waals surface area contributed by atoms with Crippen molar-refractivity contribution in [1.82, 2.24) is 9.69 Å². The molecule has 1 aromatic carbocycles. The van der Waals surface area contributed by atoms with Gasteiger partial charge < -0.3 is 25.9 Å². The summed E-state index contributed by atoms with van der Waals surface area (Å²) in [6.07, 6.45) is 3.81. The van der Waals surface area contributed by atoms with E-state index in [4.69, 9.17) is 20.6 Å². The molecule has 1 aliphatic rings. The molecule has 0 spiro atoms. The number of aromatic nitrogens is 1. The van der Waals surface area contributed by atoms with E-state index in [1.165, 1.54) is 4.90 Å². The van der Waals surface area contributed by atoms with Crippen LogP contribution in [0.25, 0.3) is 0 Å². The van der Waals surface area contributed by atoms with Crippen LogP contribution in [0.15, 0.2) is 40.8 Å². The largest absolute Gasteiger partial charge is 0.494 e. The Labute approximate surface area is 212 Å². The molecule has 0 radical (unpaired) electrons. The number of nitrogens with zero attached hydrogens (tertiary/aromatic N) is 2. The van der Waals surface area contributed by atoms with Gasteiger partial charge >= 0.3 is 0 Å². The first kappa shape index (κ1) is 25.2. The van der Waals surface area contributed by atoms with Crippen LogP contribution in [0.5, 0.6) is 5.75 Å². The number of hydrogen-bond acceptors (Lipinski definition) is 8. The molecule has 1 saturated carbocycles. The molecule has 3 aromatic rings. The van der Waals surface area contributed by atoms with Gasteiger partial charge in [-0.1, -0.05) is 12.8 Å². The summed E-state index contributed by atoms with van der Waals surface area (Å²) >= 11 is 0.755. The molecule has 0 saturated heterocycles. The predicted octanol–water partition coefficient (Wildman–Crippen LogP) is 3.57. The van der Waals surface area contributed by atoms with Crippen LogP contribution in [-0.2, 0) is 4.79 Å². The Bertz CT molecular complexity index is 1250. The van der Waals surface area contributed by atoms with Gasteiger partial charge in [-0.05, 0) is 74.6 Å². The summed E-state index contributed by atoms with van der Waals surface area (Å²) in [5, 5.41) is 3.08. The number of nitrogens with one attached hydrogen (secondary N) is 1. The van der Waals surface area contributed by atoms with E-state index >= 15 is 0 Å². The molecular weight excluding hydrogens is 482 g/mol. The second-order valence-electron chi connectivity index (χ2n) is 8.58. The monoisotopic (exact) mass is 511 g/mol. The maximum absolute atomic E-state index is 14.0. The summed E-state index contributed by atoms with van der Waals surface area (Å²) in [6.45, 7) is 4.11. The number of rotatable bonds is 9. The Morgan fingerprint density at radius 2 is 1.89 bits per heavy atom. The number of nitrogens with two attached hydrogens (primary N) is 2. The predicted molar refractivity (Wildman–Crippen MR) is 136 cm³/mol. The van der Waals surface area contributed by atoms with E-state index in [0.29, 0.717) is 29.6 Å². The molecule has 1 atom stereocenters. The average molecular weight is 512 g/mol. The average Bonchev–Trinajstić information content (AvgIpc) is 3.59. The SMILES string of the molecule is CCOc1ccc(N(C(=O)c2snc(C(N)=O)c2N)C(C(=O)NC2CCCC2)c2ccc(C)o2)cc1. The van der Waals surface area contributed by atoms with Crippen molar-refractivity contribution in [3.8, 4) is 5.75 Å². The van der Waals surface area contributed by atoms with Crippen molar-refractivity contribution in [1.29, 1.82) is 0 Å². The van der Waals surface area contributed by atoms with Gasteiger partial charge in [0.2, 0.25) is 0 Å². The van der Waals surface area contributed by atoms with Gasteiger partial charge in [0.1, 0.15) is 22.1 Å². The molecule has 1 fully saturated rings. The van der Waals surface area contributed by atoms with Gasteiger partial charge in [0.15, 0.2) is 11.7 Å². The first-order chi connectivity index (χ1) is 17.3. The fourth-order valence-electron chi connectivity index (χ4n) is 4.32. The van der Waals surface area contributed by atoms with Gasteiger partial charge in [0.25, 0.3) is 17.7 Å². The van der Waals surface area contributed by atoms with E-state index in [2.05, 4.69) is 9.69 Å². The number of hydrogen-bond donors (Lipinski definition) is 3. The van der Waals surface area contributed by atoms with Crippen LogP contribution in [-0.4, -0.2) is 34.7 Å². The Morgan fingerprint density at radius 3 is 2.44 bits per heavy atom. The molecule has 0 aliphatic heterocycles. The van der Waals surface area contributed by atoms with Crippen LogP contribution < -0.4 is 26.4 Å². The molecule has 3 amide bonds. The summed E-state index contributed by atoms with van der Waals surface area (Å²) in [5.74, 6) is -0.325. The number of furan rings is 1. The number of benzene rings is 1. The third-order valence-corrected chi connectivity index (χ3v) is 6.89. The zero-order valence-electron chi connectivity index (χ0n) is 20.2. The van der Waals surface area contributed by atoms with Crippen molar-refractivity contribution in [2.24, 2.45) is 5.73 Å². The quantitative estimate of drug-likeness (QED) is 0.397. The van der Waals surface area contributed by atoms with E-state index in [0.717, 1.165) is 37.2 Å². The molecule has 2 aromatic heterocycles. The summed E-state index contributed by atoms with van der Waals surface area (Å²) < 4.78 is 15.4. The van der Waals surface area contributed by atoms with Gasteiger partial charge in [0, 0.05) is 11.7 Å². The molecule has 36 heavy (non-hydrogen) atoms. The van der Waals surface area contributed by atoms with Crippen molar-refractivity contribution in [2.45, 2.75) is 51.6 Å². The number of amides is 3. The van der Waals surface area contributed by atoms with Crippen molar-refractivity contribution in [3.05, 3.63) is 58.5 Å². The number of ether oxygens (including phenoxy) is 1. The topological polar surface area (TPSA) is 154 Å². The van der Waals surface area contributed by atoms with Gasteiger partial charge in [-0.25, -0.2) is 0 Å². The molecule has 1 aliphatic carbocycles. The minimum Gasteiger partial charge on any atom is -0.494 e. The Balaban J connectivity index is 1.82. The summed E-state index contributed by atoms with van der Waals surface area (Å²) in [7, 11) is 0. The van der Waals surface area contributed by atoms with Crippen molar-refractivity contribution < 1.29 is 23.5 Å². The van der Waals surface area contributed by atoms with Crippen LogP contribution >= 0.6 is 11.5 Å². The van der Waals surface area contributed by atoms with Crippen molar-refractivity contribution in [3.63, 3.8) is 0 Å². The third-order valence-electron chi connectivity index (χ3n) is 6.04. The number of carbonyl (C=O) groups is 3. The highest BCUT2D eigenvalue weighted by Crippen LogP contribution is 2.35. The first-order valence-corrected chi connectivity index (χ1v) is 12.6. The lowest BCUT2D eigenvalue weighted by atomic mass is 10.1. The number of anilines is 2. The standard InChI is InChI=1S/C25H29N5O5S/c1-3-34-17-11-9-16(10-12-17)30(25(33)22-19(26)20(23(27)31)29-36-22)21(18-13-8-14(2)35-18)24(32)28-15-6-4-5-7-15/h8-13,15,21H,3-7,26H2,1-2H3,(H2,27,31)(H,28,32). The lowest BCUT2D eigenvalue weighted by Crippen LogP contribution is -2.46. The number of nitrogen functional groups attached to an aromatic ring is 1. The molecule has 11 heteroatoms. The lowest BCUT2D eigenvalue weighted by molar-refractivity contribution is -0.123. The maximum Gasteiger partial charge on any atom is 0.273 e. The van der Waals surface area contributed by atoms with E-state index in [9.17, 15) is 14.4 Å². The zero-order chi connectivity index (χ0) is 25.8. The van der Waals surface area contributed by atoms with Gasteiger partial charge in [-0.3, -0.25) is 19.3 Å². The lowest BCUT2D eigenvalue weighted by Gasteiger charge is -2.30. The normalized spacial score (nSPS) is 14.4. The Kier molecular flexibility index (Phi) is 7.58.